The highest BCUT2D eigenvalue weighted by Crippen LogP contribution is 2.10. The number of amides is 2. The van der Waals surface area contributed by atoms with Crippen LogP contribution in [0.3, 0.4) is 0 Å². The Kier molecular flexibility index (Phi) is 11.1. The van der Waals surface area contributed by atoms with Gasteiger partial charge in [-0.2, -0.15) is 0 Å². The van der Waals surface area contributed by atoms with Gasteiger partial charge in [0, 0.05) is 38.3 Å². The average Bonchev–Trinajstić information content (AvgIpc) is 2.65. The number of halogens is 1. The second kappa shape index (κ2) is 12.8. The van der Waals surface area contributed by atoms with E-state index in [1.807, 2.05) is 25.1 Å². The molecule has 0 radical (unpaired) electrons. The monoisotopic (exact) mass is 410 g/mol. The van der Waals surface area contributed by atoms with Gasteiger partial charge in [-0.25, -0.2) is 0 Å². The molecule has 7 heteroatoms. The lowest BCUT2D eigenvalue weighted by Crippen LogP contribution is -2.48. The average molecular weight is 411 g/mol. The molecule has 1 unspecified atom stereocenters. The molecule has 1 saturated heterocycles. The second-order valence-electron chi connectivity index (χ2n) is 7.71. The summed E-state index contributed by atoms with van der Waals surface area (Å²) in [5.41, 5.74) is 1.53. The molecule has 0 bridgehead atoms. The van der Waals surface area contributed by atoms with Gasteiger partial charge in [0.25, 0.3) is 5.91 Å². The lowest BCUT2D eigenvalue weighted by molar-refractivity contribution is -0.123. The molecule has 1 aromatic carbocycles. The quantitative estimate of drug-likeness (QED) is 0.544. The fourth-order valence-electron chi connectivity index (χ4n) is 3.34. The summed E-state index contributed by atoms with van der Waals surface area (Å²) in [6, 6.07) is 6.94. The van der Waals surface area contributed by atoms with Gasteiger partial charge in [-0.3, -0.25) is 9.59 Å². The fourth-order valence-corrected chi connectivity index (χ4v) is 3.34. The third kappa shape index (κ3) is 8.17. The van der Waals surface area contributed by atoms with E-state index < -0.39 is 6.04 Å². The van der Waals surface area contributed by atoms with E-state index in [0.29, 0.717) is 24.4 Å². The fraction of sp³-hybridized carbons (Fsp3) is 0.619. The number of benzene rings is 1. The SMILES string of the molecule is Cc1ccccc1C(=O)NC(CC(C)C)C(=O)NCCCN1CCNCC1.Cl. The smallest absolute Gasteiger partial charge is 0.252 e. The molecular formula is C21H35ClN4O2. The summed E-state index contributed by atoms with van der Waals surface area (Å²) in [5, 5.41) is 9.27. The van der Waals surface area contributed by atoms with Crippen molar-refractivity contribution in [2.75, 3.05) is 39.3 Å². The van der Waals surface area contributed by atoms with Crippen molar-refractivity contribution in [3.8, 4) is 0 Å². The van der Waals surface area contributed by atoms with Crippen LogP contribution in [0.1, 0.15) is 42.6 Å². The maximum Gasteiger partial charge on any atom is 0.252 e. The first-order chi connectivity index (χ1) is 13.0. The van der Waals surface area contributed by atoms with Crippen LogP contribution in [-0.4, -0.2) is 62.0 Å². The number of nitrogens with zero attached hydrogens (tertiary/aromatic N) is 1. The van der Waals surface area contributed by atoms with Crippen LogP contribution < -0.4 is 16.0 Å². The van der Waals surface area contributed by atoms with Crippen LogP contribution >= 0.6 is 12.4 Å². The molecule has 2 amide bonds. The van der Waals surface area contributed by atoms with E-state index in [4.69, 9.17) is 0 Å². The standard InChI is InChI=1S/C21H34N4O2.ClH/c1-16(2)15-19(24-20(26)18-8-5-4-7-17(18)3)21(27)23-9-6-12-25-13-10-22-11-14-25;/h4-5,7-8,16,19,22H,6,9-15H2,1-3H3,(H,23,27)(H,24,26);1H. The molecule has 2 rings (SSSR count). The summed E-state index contributed by atoms with van der Waals surface area (Å²) in [6.45, 7) is 11.9. The number of rotatable bonds is 9. The van der Waals surface area contributed by atoms with Gasteiger partial charge in [-0.15, -0.1) is 12.4 Å². The van der Waals surface area contributed by atoms with E-state index in [1.165, 1.54) is 0 Å². The van der Waals surface area contributed by atoms with Crippen LogP contribution in [0.5, 0.6) is 0 Å². The normalized spacial score (nSPS) is 15.6. The Morgan fingerprint density at radius 3 is 2.50 bits per heavy atom. The third-order valence-electron chi connectivity index (χ3n) is 4.88. The van der Waals surface area contributed by atoms with E-state index in [2.05, 4.69) is 34.7 Å². The summed E-state index contributed by atoms with van der Waals surface area (Å²) in [7, 11) is 0. The Morgan fingerprint density at radius 1 is 1.18 bits per heavy atom. The van der Waals surface area contributed by atoms with Crippen LogP contribution in [0.2, 0.25) is 0 Å². The van der Waals surface area contributed by atoms with Crippen LogP contribution in [0.4, 0.5) is 0 Å². The highest BCUT2D eigenvalue weighted by molar-refractivity contribution is 5.98. The zero-order valence-electron chi connectivity index (χ0n) is 17.3. The molecule has 158 valence electrons. The molecule has 0 aliphatic carbocycles. The van der Waals surface area contributed by atoms with Crippen molar-refractivity contribution in [1.82, 2.24) is 20.9 Å². The molecule has 1 aromatic rings. The van der Waals surface area contributed by atoms with Gasteiger partial charge in [0.05, 0.1) is 0 Å². The third-order valence-corrected chi connectivity index (χ3v) is 4.88. The Morgan fingerprint density at radius 2 is 1.86 bits per heavy atom. The number of hydrogen-bond donors (Lipinski definition) is 3. The molecule has 1 heterocycles. The van der Waals surface area contributed by atoms with E-state index in [9.17, 15) is 9.59 Å². The number of hydrogen-bond acceptors (Lipinski definition) is 4. The number of carbonyl (C=O) groups is 2. The largest absolute Gasteiger partial charge is 0.354 e. The predicted molar refractivity (Wildman–Crippen MR) is 116 cm³/mol. The van der Waals surface area contributed by atoms with Crippen molar-refractivity contribution >= 4 is 24.2 Å². The molecule has 1 fully saturated rings. The number of piperazine rings is 1. The Balaban J connectivity index is 0.00000392. The molecule has 28 heavy (non-hydrogen) atoms. The minimum absolute atomic E-state index is 0. The first-order valence-electron chi connectivity index (χ1n) is 10.0. The highest BCUT2D eigenvalue weighted by Gasteiger charge is 2.23. The zero-order valence-corrected chi connectivity index (χ0v) is 18.1. The number of carbonyl (C=O) groups excluding carboxylic acids is 2. The molecule has 0 aromatic heterocycles. The molecule has 1 aliphatic heterocycles. The summed E-state index contributed by atoms with van der Waals surface area (Å²) < 4.78 is 0. The van der Waals surface area contributed by atoms with Gasteiger partial charge in [-0.05, 0) is 43.9 Å². The van der Waals surface area contributed by atoms with E-state index in [0.717, 1.165) is 44.7 Å². The van der Waals surface area contributed by atoms with Gasteiger partial charge < -0.3 is 20.9 Å². The van der Waals surface area contributed by atoms with Gasteiger partial charge >= 0.3 is 0 Å². The number of nitrogens with one attached hydrogen (secondary N) is 3. The van der Waals surface area contributed by atoms with Crippen molar-refractivity contribution in [2.24, 2.45) is 5.92 Å². The highest BCUT2D eigenvalue weighted by atomic mass is 35.5. The van der Waals surface area contributed by atoms with Crippen LogP contribution in [0, 0.1) is 12.8 Å². The molecule has 3 N–H and O–H groups in total. The van der Waals surface area contributed by atoms with Gasteiger partial charge in [0.1, 0.15) is 6.04 Å². The van der Waals surface area contributed by atoms with E-state index in [-0.39, 0.29) is 24.2 Å². The topological polar surface area (TPSA) is 73.5 Å². The molecule has 6 nitrogen and oxygen atoms in total. The van der Waals surface area contributed by atoms with Gasteiger partial charge in [-0.1, -0.05) is 32.0 Å². The zero-order chi connectivity index (χ0) is 19.6. The summed E-state index contributed by atoms with van der Waals surface area (Å²) in [5.74, 6) is 0.0411. The summed E-state index contributed by atoms with van der Waals surface area (Å²) in [4.78, 5) is 27.6. The van der Waals surface area contributed by atoms with Crippen molar-refractivity contribution in [3.63, 3.8) is 0 Å². The molecule has 0 spiro atoms. The van der Waals surface area contributed by atoms with Crippen LogP contribution in [0.15, 0.2) is 24.3 Å². The minimum Gasteiger partial charge on any atom is -0.354 e. The van der Waals surface area contributed by atoms with E-state index >= 15 is 0 Å². The predicted octanol–water partition coefficient (Wildman–Crippen LogP) is 1.97. The Hall–Kier alpha value is -1.63. The van der Waals surface area contributed by atoms with Crippen molar-refractivity contribution in [1.29, 1.82) is 0 Å². The molecule has 1 aliphatic rings. The summed E-state index contributed by atoms with van der Waals surface area (Å²) in [6.07, 6.45) is 1.55. The minimum atomic E-state index is -0.503. The second-order valence-corrected chi connectivity index (χ2v) is 7.71. The lowest BCUT2D eigenvalue weighted by Gasteiger charge is -2.27. The van der Waals surface area contributed by atoms with Gasteiger partial charge in [0.15, 0.2) is 0 Å². The lowest BCUT2D eigenvalue weighted by atomic mass is 10.0. The van der Waals surface area contributed by atoms with Crippen LogP contribution in [-0.2, 0) is 4.79 Å². The first-order valence-corrected chi connectivity index (χ1v) is 10.0. The number of aryl methyl sites for hydroxylation is 1. The Bertz CT molecular complexity index is 618. The summed E-state index contributed by atoms with van der Waals surface area (Å²) >= 11 is 0. The van der Waals surface area contributed by atoms with Crippen LogP contribution in [0.25, 0.3) is 0 Å². The van der Waals surface area contributed by atoms with Crippen molar-refractivity contribution in [2.45, 2.75) is 39.7 Å². The molecule has 1 atom stereocenters. The van der Waals surface area contributed by atoms with Gasteiger partial charge in [0.2, 0.25) is 5.91 Å². The van der Waals surface area contributed by atoms with Crippen molar-refractivity contribution < 1.29 is 9.59 Å². The van der Waals surface area contributed by atoms with Crippen molar-refractivity contribution in [3.05, 3.63) is 35.4 Å². The van der Waals surface area contributed by atoms with E-state index in [1.54, 1.807) is 6.07 Å². The maximum absolute atomic E-state index is 12.6. The molecule has 0 saturated carbocycles. The first kappa shape index (κ1) is 24.4. The molecular weight excluding hydrogens is 376 g/mol. The maximum atomic E-state index is 12.6. The Labute approximate surface area is 175 Å².